The molecule has 0 bridgehead atoms. The molecule has 0 aliphatic heterocycles. The minimum absolute atomic E-state index is 0.518. The number of aryl methyl sites for hydroxylation is 1. The summed E-state index contributed by atoms with van der Waals surface area (Å²) in [5.41, 5.74) is 0.793. The van der Waals surface area contributed by atoms with Crippen molar-refractivity contribution >= 4 is 22.9 Å². The molecule has 1 atom stereocenters. The Hall–Kier alpha value is -1.03. The summed E-state index contributed by atoms with van der Waals surface area (Å²) < 4.78 is 5.71. The van der Waals surface area contributed by atoms with Gasteiger partial charge >= 0.3 is 0 Å². The molecule has 19 heavy (non-hydrogen) atoms. The van der Waals surface area contributed by atoms with Crippen LogP contribution in [0.1, 0.15) is 35.3 Å². The summed E-state index contributed by atoms with van der Waals surface area (Å²) in [6, 6.07) is 9.59. The molecule has 1 aromatic carbocycles. The van der Waals surface area contributed by atoms with E-state index in [1.165, 1.54) is 9.75 Å². The van der Waals surface area contributed by atoms with Crippen molar-refractivity contribution in [3.63, 3.8) is 0 Å². The number of aliphatic hydroxyl groups excluding tert-OH is 1. The largest absolute Gasteiger partial charge is 0.487 e. The molecule has 0 amide bonds. The number of aliphatic hydroxyl groups is 1. The molecule has 0 saturated heterocycles. The molecular formula is C15H17ClO2S. The molecule has 2 nitrogen and oxygen atoms in total. The van der Waals surface area contributed by atoms with Crippen LogP contribution in [-0.4, -0.2) is 5.11 Å². The van der Waals surface area contributed by atoms with Gasteiger partial charge in [0, 0.05) is 9.75 Å². The summed E-state index contributed by atoms with van der Waals surface area (Å²) in [5, 5.41) is 10.0. The van der Waals surface area contributed by atoms with E-state index in [1.807, 2.05) is 6.07 Å². The summed E-state index contributed by atoms with van der Waals surface area (Å²) in [6.45, 7) is 4.38. The van der Waals surface area contributed by atoms with Gasteiger partial charge in [-0.2, -0.15) is 0 Å². The predicted molar refractivity (Wildman–Crippen MR) is 80.1 cm³/mol. The van der Waals surface area contributed by atoms with Gasteiger partial charge < -0.3 is 9.84 Å². The lowest BCUT2D eigenvalue weighted by Crippen LogP contribution is -1.96. The maximum atomic E-state index is 9.48. The molecule has 1 N–H and O–H groups in total. The fourth-order valence-electron chi connectivity index (χ4n) is 1.73. The highest BCUT2D eigenvalue weighted by Gasteiger charge is 2.07. The van der Waals surface area contributed by atoms with Crippen LogP contribution < -0.4 is 4.74 Å². The van der Waals surface area contributed by atoms with E-state index in [1.54, 1.807) is 30.4 Å². The zero-order chi connectivity index (χ0) is 13.8. The number of halogens is 1. The average molecular weight is 297 g/mol. The van der Waals surface area contributed by atoms with Gasteiger partial charge in [0.25, 0.3) is 0 Å². The lowest BCUT2D eigenvalue weighted by atomic mass is 10.1. The van der Waals surface area contributed by atoms with Crippen LogP contribution in [0.3, 0.4) is 0 Å². The summed E-state index contributed by atoms with van der Waals surface area (Å²) in [4.78, 5) is 2.54. The third kappa shape index (κ3) is 3.72. The van der Waals surface area contributed by atoms with Crippen molar-refractivity contribution in [3.8, 4) is 5.75 Å². The smallest absolute Gasteiger partial charge is 0.138 e. The van der Waals surface area contributed by atoms with Crippen LogP contribution in [0, 0.1) is 0 Å². The van der Waals surface area contributed by atoms with Crippen LogP contribution in [0.4, 0.5) is 0 Å². The zero-order valence-corrected chi connectivity index (χ0v) is 12.6. The highest BCUT2D eigenvalue weighted by atomic mass is 35.5. The average Bonchev–Trinajstić information content (AvgIpc) is 2.85. The van der Waals surface area contributed by atoms with Gasteiger partial charge in [-0.15, -0.1) is 11.3 Å². The Morgan fingerprint density at radius 2 is 2.00 bits per heavy atom. The van der Waals surface area contributed by atoms with E-state index in [9.17, 15) is 5.11 Å². The molecule has 2 aromatic rings. The third-order valence-corrected chi connectivity index (χ3v) is 4.37. The number of benzene rings is 1. The van der Waals surface area contributed by atoms with Crippen molar-refractivity contribution in [2.75, 3.05) is 0 Å². The van der Waals surface area contributed by atoms with Crippen molar-refractivity contribution in [1.82, 2.24) is 0 Å². The molecule has 0 aliphatic carbocycles. The molecule has 0 spiro atoms. The second kappa shape index (κ2) is 6.42. The first kappa shape index (κ1) is 14.4. The van der Waals surface area contributed by atoms with Crippen LogP contribution in [0.25, 0.3) is 0 Å². The van der Waals surface area contributed by atoms with Crippen LogP contribution >= 0.6 is 22.9 Å². The molecule has 4 heteroatoms. The van der Waals surface area contributed by atoms with Gasteiger partial charge in [-0.1, -0.05) is 24.6 Å². The van der Waals surface area contributed by atoms with E-state index in [-0.39, 0.29) is 0 Å². The molecule has 0 unspecified atom stereocenters. The van der Waals surface area contributed by atoms with Crippen molar-refractivity contribution in [1.29, 1.82) is 0 Å². The van der Waals surface area contributed by atoms with Gasteiger partial charge in [-0.05, 0) is 43.2 Å². The minimum Gasteiger partial charge on any atom is -0.487 e. The number of rotatable bonds is 5. The van der Waals surface area contributed by atoms with Gasteiger partial charge in [0.1, 0.15) is 12.4 Å². The molecule has 0 fully saturated rings. The predicted octanol–water partition coefficient (Wildman–Crippen LogP) is 4.60. The minimum atomic E-state index is -0.518. The lowest BCUT2D eigenvalue weighted by Gasteiger charge is -2.10. The standard InChI is InChI=1S/C15H17ClO2S/c1-3-12-5-6-13(19-12)9-18-15-7-4-11(10(2)17)8-14(15)16/h4-8,10,17H,3,9H2,1-2H3/t10-/m0/s1. The molecule has 1 aromatic heterocycles. The maximum Gasteiger partial charge on any atom is 0.138 e. The third-order valence-electron chi connectivity index (χ3n) is 2.87. The van der Waals surface area contributed by atoms with E-state index in [0.717, 1.165) is 12.0 Å². The SMILES string of the molecule is CCc1ccc(COc2ccc([C@H](C)O)cc2Cl)s1. The summed E-state index contributed by atoms with van der Waals surface area (Å²) in [7, 11) is 0. The van der Waals surface area contributed by atoms with Crippen molar-refractivity contribution < 1.29 is 9.84 Å². The topological polar surface area (TPSA) is 29.5 Å². The van der Waals surface area contributed by atoms with Crippen LogP contribution in [0.15, 0.2) is 30.3 Å². The summed E-state index contributed by atoms with van der Waals surface area (Å²) >= 11 is 7.90. The highest BCUT2D eigenvalue weighted by Crippen LogP contribution is 2.29. The first-order valence-electron chi connectivity index (χ1n) is 6.28. The first-order valence-corrected chi connectivity index (χ1v) is 7.47. The van der Waals surface area contributed by atoms with Crippen LogP contribution in [0.5, 0.6) is 5.75 Å². The Kier molecular flexibility index (Phi) is 4.86. The quantitative estimate of drug-likeness (QED) is 0.874. The van der Waals surface area contributed by atoms with Crippen LogP contribution in [0.2, 0.25) is 5.02 Å². The van der Waals surface area contributed by atoms with E-state index in [2.05, 4.69) is 19.1 Å². The van der Waals surface area contributed by atoms with Crippen molar-refractivity contribution in [2.24, 2.45) is 0 Å². The molecule has 0 saturated carbocycles. The second-order valence-corrected chi connectivity index (χ2v) is 6.04. The second-order valence-electron chi connectivity index (χ2n) is 4.38. The zero-order valence-electron chi connectivity index (χ0n) is 11.0. The monoisotopic (exact) mass is 296 g/mol. The van der Waals surface area contributed by atoms with Crippen LogP contribution in [-0.2, 0) is 13.0 Å². The Labute approximate surface area is 122 Å². The molecule has 102 valence electrons. The molecule has 1 heterocycles. The normalized spacial score (nSPS) is 12.4. The van der Waals surface area contributed by atoms with Gasteiger partial charge in [-0.25, -0.2) is 0 Å². The highest BCUT2D eigenvalue weighted by molar-refractivity contribution is 7.11. The van der Waals surface area contributed by atoms with E-state index in [0.29, 0.717) is 17.4 Å². The van der Waals surface area contributed by atoms with Gasteiger partial charge in [0.2, 0.25) is 0 Å². The molecule has 0 aliphatic rings. The molecule has 2 rings (SSSR count). The van der Waals surface area contributed by atoms with E-state index >= 15 is 0 Å². The number of hydrogen-bond acceptors (Lipinski definition) is 3. The van der Waals surface area contributed by atoms with Crippen molar-refractivity contribution in [2.45, 2.75) is 33.0 Å². The number of hydrogen-bond donors (Lipinski definition) is 1. The maximum absolute atomic E-state index is 9.48. The lowest BCUT2D eigenvalue weighted by molar-refractivity contribution is 0.199. The molecule has 0 radical (unpaired) electrons. The van der Waals surface area contributed by atoms with Gasteiger partial charge in [-0.3, -0.25) is 0 Å². The van der Waals surface area contributed by atoms with Crippen molar-refractivity contribution in [3.05, 3.63) is 50.7 Å². The molecular weight excluding hydrogens is 280 g/mol. The first-order chi connectivity index (χ1) is 9.10. The fourth-order valence-corrected chi connectivity index (χ4v) is 2.85. The summed E-state index contributed by atoms with van der Waals surface area (Å²) in [6.07, 6.45) is 0.532. The Balaban J connectivity index is 2.03. The van der Waals surface area contributed by atoms with E-state index in [4.69, 9.17) is 16.3 Å². The summed E-state index contributed by atoms with van der Waals surface area (Å²) in [5.74, 6) is 0.650. The Morgan fingerprint density at radius 3 is 2.58 bits per heavy atom. The van der Waals surface area contributed by atoms with Gasteiger partial charge in [0.15, 0.2) is 0 Å². The number of ether oxygens (including phenoxy) is 1. The number of thiophene rings is 1. The Bertz CT molecular complexity index is 549. The fraction of sp³-hybridized carbons (Fsp3) is 0.333. The van der Waals surface area contributed by atoms with Gasteiger partial charge in [0.05, 0.1) is 11.1 Å². The Morgan fingerprint density at radius 1 is 1.26 bits per heavy atom. The van der Waals surface area contributed by atoms with E-state index < -0.39 is 6.10 Å².